The first kappa shape index (κ1) is 14.2. The monoisotopic (exact) mass is 292 g/mol. The molecule has 1 amide bonds. The van der Waals surface area contributed by atoms with Crippen molar-refractivity contribution in [3.8, 4) is 11.8 Å². The highest BCUT2D eigenvalue weighted by atomic mass is 16.5. The van der Waals surface area contributed by atoms with Gasteiger partial charge in [-0.2, -0.15) is 5.26 Å². The predicted octanol–water partition coefficient (Wildman–Crippen LogP) is 2.96. The molecular formula is C18H16N2O2. The van der Waals surface area contributed by atoms with Crippen LogP contribution in [0.3, 0.4) is 0 Å². The molecular weight excluding hydrogens is 276 g/mol. The number of carbonyl (C=O) groups is 1. The van der Waals surface area contributed by atoms with Gasteiger partial charge in [0.15, 0.2) is 0 Å². The lowest BCUT2D eigenvalue weighted by Crippen LogP contribution is -2.34. The number of hydrogen-bond acceptors (Lipinski definition) is 3. The van der Waals surface area contributed by atoms with Crippen molar-refractivity contribution in [3.05, 3.63) is 65.7 Å². The van der Waals surface area contributed by atoms with Crippen molar-refractivity contribution < 1.29 is 9.53 Å². The highest BCUT2D eigenvalue weighted by molar-refractivity contribution is 5.83. The number of carbonyl (C=O) groups excluding carboxylic acids is 1. The number of nitrogens with zero attached hydrogens (tertiary/aromatic N) is 1. The summed E-state index contributed by atoms with van der Waals surface area (Å²) in [5, 5.41) is 12.1. The van der Waals surface area contributed by atoms with Gasteiger partial charge in [-0.1, -0.05) is 42.5 Å². The molecule has 4 heteroatoms. The van der Waals surface area contributed by atoms with E-state index in [9.17, 15) is 4.79 Å². The Morgan fingerprint density at radius 3 is 2.50 bits per heavy atom. The molecule has 22 heavy (non-hydrogen) atoms. The average Bonchev–Trinajstić information content (AvgIpc) is 3.37. The Morgan fingerprint density at radius 1 is 1.14 bits per heavy atom. The van der Waals surface area contributed by atoms with Crippen LogP contribution in [0.2, 0.25) is 0 Å². The zero-order valence-corrected chi connectivity index (χ0v) is 12.0. The van der Waals surface area contributed by atoms with Crippen LogP contribution in [-0.2, 0) is 4.79 Å². The average molecular weight is 292 g/mol. The fourth-order valence-electron chi connectivity index (χ4n) is 2.19. The number of hydrogen-bond donors (Lipinski definition) is 1. The summed E-state index contributed by atoms with van der Waals surface area (Å²) in [6.07, 6.45) is 1.28. The summed E-state index contributed by atoms with van der Waals surface area (Å²) in [4.78, 5) is 12.5. The van der Waals surface area contributed by atoms with Crippen molar-refractivity contribution in [2.24, 2.45) is 0 Å². The van der Waals surface area contributed by atoms with Crippen LogP contribution >= 0.6 is 0 Å². The fraction of sp³-hybridized carbons (Fsp3) is 0.222. The maximum absolute atomic E-state index is 12.5. The standard InChI is InChI=1S/C18H16N2O2/c19-12-14-8-4-5-9-16(14)22-17(13-6-2-1-3-7-13)18(21)20-15-10-11-15/h1-9,15,17H,10-11H2,(H,20,21)/t17-/m0/s1. The first-order valence-corrected chi connectivity index (χ1v) is 7.29. The van der Waals surface area contributed by atoms with Gasteiger partial charge in [-0.25, -0.2) is 0 Å². The van der Waals surface area contributed by atoms with Crippen molar-refractivity contribution >= 4 is 5.91 Å². The van der Waals surface area contributed by atoms with Gasteiger partial charge in [0.1, 0.15) is 11.8 Å². The van der Waals surface area contributed by atoms with Gasteiger partial charge in [-0.15, -0.1) is 0 Å². The topological polar surface area (TPSA) is 62.1 Å². The fourth-order valence-corrected chi connectivity index (χ4v) is 2.19. The van der Waals surface area contributed by atoms with Gasteiger partial charge in [0.2, 0.25) is 6.10 Å². The Hall–Kier alpha value is -2.80. The van der Waals surface area contributed by atoms with Crippen molar-refractivity contribution in [2.45, 2.75) is 25.0 Å². The van der Waals surface area contributed by atoms with Gasteiger partial charge in [0.25, 0.3) is 5.91 Å². The lowest BCUT2D eigenvalue weighted by atomic mass is 10.1. The van der Waals surface area contributed by atoms with E-state index in [4.69, 9.17) is 10.00 Å². The molecule has 3 rings (SSSR count). The first-order chi connectivity index (χ1) is 10.8. The molecule has 1 saturated carbocycles. The lowest BCUT2D eigenvalue weighted by Gasteiger charge is -2.19. The Kier molecular flexibility index (Phi) is 4.06. The Morgan fingerprint density at radius 2 is 1.82 bits per heavy atom. The summed E-state index contributed by atoms with van der Waals surface area (Å²) in [7, 11) is 0. The number of para-hydroxylation sites is 1. The second-order valence-electron chi connectivity index (χ2n) is 5.30. The quantitative estimate of drug-likeness (QED) is 0.921. The molecule has 0 saturated heterocycles. The van der Waals surface area contributed by atoms with Gasteiger partial charge in [-0.05, 0) is 25.0 Å². The molecule has 0 spiro atoms. The van der Waals surface area contributed by atoms with E-state index in [0.29, 0.717) is 11.3 Å². The van der Waals surface area contributed by atoms with Crippen LogP contribution in [-0.4, -0.2) is 11.9 Å². The van der Waals surface area contributed by atoms with Crippen LogP contribution in [0.25, 0.3) is 0 Å². The summed E-state index contributed by atoms with van der Waals surface area (Å²) < 4.78 is 5.88. The second kappa shape index (κ2) is 6.31. The minimum Gasteiger partial charge on any atom is -0.474 e. The minimum absolute atomic E-state index is 0.165. The number of ether oxygens (including phenoxy) is 1. The highest BCUT2D eigenvalue weighted by Crippen LogP contribution is 2.27. The normalized spacial score (nSPS) is 14.7. The molecule has 0 heterocycles. The maximum atomic E-state index is 12.5. The van der Waals surface area contributed by atoms with E-state index in [2.05, 4.69) is 11.4 Å². The molecule has 0 radical (unpaired) electrons. The SMILES string of the molecule is N#Cc1ccccc1O[C@H](C(=O)NC1CC1)c1ccccc1. The first-order valence-electron chi connectivity index (χ1n) is 7.29. The van der Waals surface area contributed by atoms with Gasteiger partial charge in [0, 0.05) is 11.6 Å². The lowest BCUT2D eigenvalue weighted by molar-refractivity contribution is -0.128. The Balaban J connectivity index is 1.88. The van der Waals surface area contributed by atoms with E-state index < -0.39 is 6.10 Å². The largest absolute Gasteiger partial charge is 0.474 e. The molecule has 0 aromatic heterocycles. The molecule has 1 aliphatic carbocycles. The van der Waals surface area contributed by atoms with E-state index >= 15 is 0 Å². The van der Waals surface area contributed by atoms with Crippen LogP contribution in [0.15, 0.2) is 54.6 Å². The molecule has 0 unspecified atom stereocenters. The van der Waals surface area contributed by atoms with Crippen LogP contribution in [0.1, 0.15) is 30.1 Å². The molecule has 0 bridgehead atoms. The van der Waals surface area contributed by atoms with E-state index in [0.717, 1.165) is 18.4 Å². The summed E-state index contributed by atoms with van der Waals surface area (Å²) >= 11 is 0. The van der Waals surface area contributed by atoms with Crippen molar-refractivity contribution in [2.75, 3.05) is 0 Å². The molecule has 110 valence electrons. The second-order valence-corrected chi connectivity index (χ2v) is 5.30. The summed E-state index contributed by atoms with van der Waals surface area (Å²) in [6, 6.07) is 18.6. The van der Waals surface area contributed by atoms with Crippen LogP contribution < -0.4 is 10.1 Å². The third-order valence-electron chi connectivity index (χ3n) is 3.52. The maximum Gasteiger partial charge on any atom is 0.266 e. The zero-order valence-electron chi connectivity index (χ0n) is 12.0. The molecule has 0 aliphatic heterocycles. The molecule has 1 fully saturated rings. The van der Waals surface area contributed by atoms with E-state index in [1.807, 2.05) is 30.3 Å². The molecule has 2 aromatic rings. The van der Waals surface area contributed by atoms with Crippen molar-refractivity contribution in [3.63, 3.8) is 0 Å². The Bertz CT molecular complexity index is 703. The Labute approximate surface area is 129 Å². The predicted molar refractivity (Wildman–Crippen MR) is 82.1 cm³/mol. The van der Waals surface area contributed by atoms with Crippen LogP contribution in [0, 0.1) is 11.3 Å². The smallest absolute Gasteiger partial charge is 0.266 e. The number of nitriles is 1. The zero-order chi connectivity index (χ0) is 15.4. The van der Waals surface area contributed by atoms with Gasteiger partial charge in [-0.3, -0.25) is 4.79 Å². The van der Waals surface area contributed by atoms with E-state index in [-0.39, 0.29) is 11.9 Å². The molecule has 1 aliphatic rings. The number of amides is 1. The number of rotatable bonds is 5. The minimum atomic E-state index is -0.753. The van der Waals surface area contributed by atoms with Crippen molar-refractivity contribution in [1.29, 1.82) is 5.26 Å². The van der Waals surface area contributed by atoms with Gasteiger partial charge >= 0.3 is 0 Å². The summed E-state index contributed by atoms with van der Waals surface area (Å²) in [5.41, 5.74) is 1.19. The molecule has 2 aromatic carbocycles. The molecule has 1 atom stereocenters. The number of nitrogens with one attached hydrogen (secondary N) is 1. The highest BCUT2D eigenvalue weighted by Gasteiger charge is 2.30. The van der Waals surface area contributed by atoms with Crippen LogP contribution in [0.5, 0.6) is 5.75 Å². The third kappa shape index (κ3) is 3.26. The van der Waals surface area contributed by atoms with E-state index in [1.165, 1.54) is 0 Å². The number of benzene rings is 2. The molecule has 1 N–H and O–H groups in total. The summed E-state index contributed by atoms with van der Waals surface area (Å²) in [6.45, 7) is 0. The van der Waals surface area contributed by atoms with Gasteiger partial charge < -0.3 is 10.1 Å². The van der Waals surface area contributed by atoms with E-state index in [1.54, 1.807) is 24.3 Å². The van der Waals surface area contributed by atoms with Crippen molar-refractivity contribution in [1.82, 2.24) is 5.32 Å². The van der Waals surface area contributed by atoms with Crippen LogP contribution in [0.4, 0.5) is 0 Å². The van der Waals surface area contributed by atoms with Gasteiger partial charge in [0.05, 0.1) is 5.56 Å². The molecule has 4 nitrogen and oxygen atoms in total. The summed E-state index contributed by atoms with van der Waals surface area (Å²) in [5.74, 6) is 0.256. The third-order valence-corrected chi connectivity index (χ3v) is 3.52.